The van der Waals surface area contributed by atoms with Crippen molar-refractivity contribution in [3.05, 3.63) is 64.7 Å². The number of carbonyl (C=O) groups is 3. The Morgan fingerprint density at radius 3 is 2.61 bits per heavy atom. The second-order valence-electron chi connectivity index (χ2n) is 8.69. The Morgan fingerprint density at radius 2 is 2.00 bits per heavy atom. The van der Waals surface area contributed by atoms with Crippen molar-refractivity contribution in [3.63, 3.8) is 0 Å². The molecule has 0 fully saturated rings. The number of benzene rings is 1. The summed E-state index contributed by atoms with van der Waals surface area (Å²) in [7, 11) is 0. The number of imide groups is 1. The lowest BCUT2D eigenvalue weighted by molar-refractivity contribution is -0.115. The molecule has 0 unspecified atom stereocenters. The second kappa shape index (κ2) is 8.83. The summed E-state index contributed by atoms with van der Waals surface area (Å²) >= 11 is 0. The maximum Gasteiger partial charge on any atom is 0.260 e. The maximum atomic E-state index is 13.6. The van der Waals surface area contributed by atoms with Crippen molar-refractivity contribution in [2.45, 2.75) is 46.2 Å². The zero-order valence-corrected chi connectivity index (χ0v) is 18.3. The molecule has 0 saturated carbocycles. The maximum absolute atomic E-state index is 13.6. The highest BCUT2D eigenvalue weighted by Gasteiger charge is 2.34. The minimum Gasteiger partial charge on any atom is -0.333 e. The van der Waals surface area contributed by atoms with Gasteiger partial charge in [0.15, 0.2) is 0 Å². The highest BCUT2D eigenvalue weighted by Crippen LogP contribution is 2.24. The molecule has 0 N–H and O–H groups in total. The number of hydrogen-bond donors (Lipinski definition) is 0. The van der Waals surface area contributed by atoms with Gasteiger partial charge in [0.1, 0.15) is 0 Å². The van der Waals surface area contributed by atoms with Gasteiger partial charge in [-0.25, -0.2) is 4.39 Å². The number of halogens is 1. The number of carbonyl (C=O) groups excluding carboxylic acids is 3. The topological polar surface area (TPSA) is 75.5 Å². The van der Waals surface area contributed by atoms with Crippen LogP contribution >= 0.6 is 0 Å². The van der Waals surface area contributed by atoms with E-state index in [9.17, 15) is 18.8 Å². The van der Waals surface area contributed by atoms with Crippen molar-refractivity contribution >= 4 is 18.2 Å². The van der Waals surface area contributed by atoms with Crippen LogP contribution in [0.4, 0.5) is 4.39 Å². The number of aryl methyl sites for hydroxylation is 1. The Bertz CT molecular complexity index is 1040. The fourth-order valence-corrected chi connectivity index (χ4v) is 3.68. The van der Waals surface area contributed by atoms with Crippen molar-refractivity contribution in [1.29, 1.82) is 0 Å². The fraction of sp³-hybridized carbons (Fsp3) is 0.391. The van der Waals surface area contributed by atoms with E-state index in [1.165, 1.54) is 4.68 Å². The summed E-state index contributed by atoms with van der Waals surface area (Å²) < 4.78 is 15.1. The smallest absolute Gasteiger partial charge is 0.260 e. The molecule has 164 valence electrons. The molecule has 1 aromatic heterocycles. The van der Waals surface area contributed by atoms with E-state index in [2.05, 4.69) is 5.10 Å². The third-order valence-corrected chi connectivity index (χ3v) is 5.35. The van der Waals surface area contributed by atoms with E-state index in [4.69, 9.17) is 0 Å². The summed E-state index contributed by atoms with van der Waals surface area (Å²) in [6, 6.07) is 6.91. The zero-order chi connectivity index (χ0) is 22.8. The monoisotopic (exact) mass is 426 g/mol. The largest absolute Gasteiger partial charge is 0.333 e. The van der Waals surface area contributed by atoms with Crippen LogP contribution in [-0.4, -0.2) is 56.4 Å². The van der Waals surface area contributed by atoms with Gasteiger partial charge in [-0.05, 0) is 44.9 Å². The fourth-order valence-electron chi connectivity index (χ4n) is 3.68. The minimum atomic E-state index is -0.497. The lowest BCUT2D eigenvalue weighted by Crippen LogP contribution is -2.49. The molecule has 3 amide bonds. The number of fused-ring (bicyclic) bond motifs is 1. The normalized spacial score (nSPS) is 14.4. The molecule has 0 spiro atoms. The summed E-state index contributed by atoms with van der Waals surface area (Å²) in [5, 5.41) is 4.43. The number of rotatable bonds is 6. The first-order valence-electron chi connectivity index (χ1n) is 10.1. The second-order valence-corrected chi connectivity index (χ2v) is 8.69. The molecule has 8 heteroatoms. The van der Waals surface area contributed by atoms with Gasteiger partial charge in [-0.2, -0.15) is 5.10 Å². The van der Waals surface area contributed by atoms with Crippen LogP contribution in [0.3, 0.4) is 0 Å². The van der Waals surface area contributed by atoms with E-state index in [-0.39, 0.29) is 30.1 Å². The van der Waals surface area contributed by atoms with Crippen LogP contribution in [0.5, 0.6) is 0 Å². The number of aromatic nitrogens is 2. The van der Waals surface area contributed by atoms with Crippen LogP contribution in [0.15, 0.2) is 42.4 Å². The van der Waals surface area contributed by atoms with Gasteiger partial charge >= 0.3 is 0 Å². The van der Waals surface area contributed by atoms with Gasteiger partial charge in [0, 0.05) is 30.3 Å². The highest BCUT2D eigenvalue weighted by molar-refractivity contribution is 6.01. The molecule has 2 heterocycles. The van der Waals surface area contributed by atoms with E-state index >= 15 is 0 Å². The summed E-state index contributed by atoms with van der Waals surface area (Å²) in [5.74, 6) is -0.599. The van der Waals surface area contributed by atoms with E-state index in [1.54, 1.807) is 42.3 Å². The molecule has 1 aliphatic heterocycles. The first-order chi connectivity index (χ1) is 14.7. The Morgan fingerprint density at radius 1 is 1.29 bits per heavy atom. The number of amides is 3. The van der Waals surface area contributed by atoms with Crippen molar-refractivity contribution < 1.29 is 18.8 Å². The van der Waals surface area contributed by atoms with Gasteiger partial charge < -0.3 is 4.90 Å². The Hall–Kier alpha value is -3.29. The molecule has 1 aliphatic rings. The van der Waals surface area contributed by atoms with E-state index in [0.29, 0.717) is 42.5 Å². The van der Waals surface area contributed by atoms with Gasteiger partial charge in [0.05, 0.1) is 30.7 Å². The molecule has 0 bridgehead atoms. The molecule has 0 saturated heterocycles. The van der Waals surface area contributed by atoms with Gasteiger partial charge in [0.2, 0.25) is 6.41 Å². The molecule has 2 aromatic rings. The molecule has 7 nitrogen and oxygen atoms in total. The van der Waals surface area contributed by atoms with Crippen molar-refractivity contribution in [1.82, 2.24) is 19.6 Å². The van der Waals surface area contributed by atoms with E-state index in [1.807, 2.05) is 20.8 Å². The van der Waals surface area contributed by atoms with Crippen LogP contribution in [0.25, 0.3) is 0 Å². The van der Waals surface area contributed by atoms with Crippen LogP contribution in [0.1, 0.15) is 52.7 Å². The molecule has 31 heavy (non-hydrogen) atoms. The van der Waals surface area contributed by atoms with Gasteiger partial charge in [-0.3, -0.25) is 24.0 Å². The summed E-state index contributed by atoms with van der Waals surface area (Å²) in [6.45, 7) is 8.09. The molecular weight excluding hydrogens is 399 g/mol. The van der Waals surface area contributed by atoms with E-state index in [0.717, 1.165) is 10.5 Å². The first-order valence-corrected chi connectivity index (χ1v) is 10.1. The van der Waals surface area contributed by atoms with Crippen LogP contribution in [-0.2, 0) is 17.8 Å². The number of hydrogen-bond acceptors (Lipinski definition) is 4. The molecule has 0 aliphatic carbocycles. The zero-order valence-electron chi connectivity index (χ0n) is 18.3. The lowest BCUT2D eigenvalue weighted by Gasteiger charge is -2.37. The van der Waals surface area contributed by atoms with Crippen molar-refractivity contribution in [3.8, 4) is 0 Å². The summed E-state index contributed by atoms with van der Waals surface area (Å²) in [5.41, 5.74) is 2.17. The third-order valence-electron chi connectivity index (χ3n) is 5.35. The summed E-state index contributed by atoms with van der Waals surface area (Å²) in [4.78, 5) is 39.8. The molecular formula is C23H27FN4O3. The lowest BCUT2D eigenvalue weighted by atomic mass is 9.99. The predicted octanol–water partition coefficient (Wildman–Crippen LogP) is 3.14. The predicted molar refractivity (Wildman–Crippen MR) is 114 cm³/mol. The average molecular weight is 426 g/mol. The van der Waals surface area contributed by atoms with Gasteiger partial charge in [-0.1, -0.05) is 18.2 Å². The molecule has 3 rings (SSSR count). The molecule has 0 radical (unpaired) electrons. The van der Waals surface area contributed by atoms with Gasteiger partial charge in [0.25, 0.3) is 11.8 Å². The standard InChI is InChI=1S/C23H27FN4O3/c1-16-7-5-6-8-18(16)21(30)26(15-29)12-17(11-24)13-27-14-19-20(25-27)9-10-28(22(19)31)23(2,3)4/h5-8,11,14-15H,9-10,12-13H2,1-4H3/b17-11+. The Balaban J connectivity index is 1.75. The van der Waals surface area contributed by atoms with Crippen LogP contribution in [0, 0.1) is 6.92 Å². The summed E-state index contributed by atoms with van der Waals surface area (Å²) in [6.07, 6.45) is 3.00. The Labute approximate surface area is 181 Å². The molecule has 0 atom stereocenters. The molecule has 1 aromatic carbocycles. The van der Waals surface area contributed by atoms with Crippen LogP contribution < -0.4 is 0 Å². The van der Waals surface area contributed by atoms with E-state index < -0.39 is 5.91 Å². The third kappa shape index (κ3) is 4.73. The number of nitrogens with zero attached hydrogens (tertiary/aromatic N) is 4. The van der Waals surface area contributed by atoms with Crippen LogP contribution in [0.2, 0.25) is 0 Å². The van der Waals surface area contributed by atoms with Crippen molar-refractivity contribution in [2.24, 2.45) is 0 Å². The first kappa shape index (κ1) is 22.4. The van der Waals surface area contributed by atoms with Gasteiger partial charge in [-0.15, -0.1) is 0 Å². The Kier molecular flexibility index (Phi) is 6.38. The average Bonchev–Trinajstić information content (AvgIpc) is 3.14. The minimum absolute atomic E-state index is 0.0255. The van der Waals surface area contributed by atoms with Crippen molar-refractivity contribution in [2.75, 3.05) is 13.1 Å². The quantitative estimate of drug-likeness (QED) is 0.665. The SMILES string of the molecule is Cc1ccccc1C(=O)N(C=O)C/C(=C\F)Cn1cc2c(n1)CCN(C(C)(C)C)C2=O. The highest BCUT2D eigenvalue weighted by atomic mass is 19.1.